The summed E-state index contributed by atoms with van der Waals surface area (Å²) in [5.74, 6) is -0.599. The Bertz CT molecular complexity index is 596. The number of carbonyl (C=O) groups excluding carboxylic acids is 1. The van der Waals surface area contributed by atoms with Crippen molar-refractivity contribution >= 4 is 28.4 Å². The summed E-state index contributed by atoms with van der Waals surface area (Å²) < 4.78 is 19.3. The standard InChI is InChI=1S/C14H10FIO2/c1-18-13-6-5-10(8-12(13)15)14(17)9-3-2-4-11(16)7-9/h2-8H,1H3. The Labute approximate surface area is 118 Å². The third kappa shape index (κ3) is 2.69. The normalized spacial score (nSPS) is 10.2. The fraction of sp³-hybridized carbons (Fsp3) is 0.0714. The Morgan fingerprint density at radius 3 is 2.50 bits per heavy atom. The van der Waals surface area contributed by atoms with Crippen molar-refractivity contribution in [1.82, 2.24) is 0 Å². The molecule has 18 heavy (non-hydrogen) atoms. The van der Waals surface area contributed by atoms with Crippen LogP contribution in [0, 0.1) is 9.39 Å². The van der Waals surface area contributed by atoms with Crippen LogP contribution in [0.2, 0.25) is 0 Å². The van der Waals surface area contributed by atoms with Crippen molar-refractivity contribution in [3.63, 3.8) is 0 Å². The van der Waals surface area contributed by atoms with Gasteiger partial charge in [0.05, 0.1) is 7.11 Å². The molecule has 4 heteroatoms. The summed E-state index contributed by atoms with van der Waals surface area (Å²) >= 11 is 2.13. The molecule has 0 heterocycles. The average Bonchev–Trinajstić information content (AvgIpc) is 2.37. The maximum absolute atomic E-state index is 13.5. The van der Waals surface area contributed by atoms with E-state index in [0.29, 0.717) is 11.1 Å². The van der Waals surface area contributed by atoms with E-state index < -0.39 is 5.82 Å². The Kier molecular flexibility index (Phi) is 3.96. The second-order valence-electron chi connectivity index (χ2n) is 3.69. The van der Waals surface area contributed by atoms with E-state index in [9.17, 15) is 9.18 Å². The van der Waals surface area contributed by atoms with Crippen molar-refractivity contribution in [1.29, 1.82) is 0 Å². The van der Waals surface area contributed by atoms with Gasteiger partial charge in [-0.15, -0.1) is 0 Å². The van der Waals surface area contributed by atoms with E-state index in [1.165, 1.54) is 19.2 Å². The molecule has 0 aliphatic rings. The van der Waals surface area contributed by atoms with Crippen molar-refractivity contribution in [2.75, 3.05) is 7.11 Å². The van der Waals surface area contributed by atoms with E-state index in [1.807, 2.05) is 6.07 Å². The molecule has 0 saturated carbocycles. The molecule has 0 aliphatic heterocycles. The van der Waals surface area contributed by atoms with Gasteiger partial charge in [-0.3, -0.25) is 4.79 Å². The van der Waals surface area contributed by atoms with Gasteiger partial charge in [-0.1, -0.05) is 12.1 Å². The molecular weight excluding hydrogens is 346 g/mol. The van der Waals surface area contributed by atoms with Gasteiger partial charge >= 0.3 is 0 Å². The number of methoxy groups -OCH3 is 1. The SMILES string of the molecule is COc1ccc(C(=O)c2cccc(I)c2)cc1F. The molecule has 2 nitrogen and oxygen atoms in total. The molecule has 0 atom stereocenters. The van der Waals surface area contributed by atoms with Gasteiger partial charge in [0.2, 0.25) is 0 Å². The molecule has 0 bridgehead atoms. The highest BCUT2D eigenvalue weighted by molar-refractivity contribution is 14.1. The molecule has 92 valence electrons. The Morgan fingerprint density at radius 1 is 1.17 bits per heavy atom. The Morgan fingerprint density at radius 2 is 1.89 bits per heavy atom. The molecule has 2 rings (SSSR count). The van der Waals surface area contributed by atoms with Crippen molar-refractivity contribution < 1.29 is 13.9 Å². The maximum Gasteiger partial charge on any atom is 0.193 e. The molecule has 0 aromatic heterocycles. The summed E-state index contributed by atoms with van der Waals surface area (Å²) in [6.45, 7) is 0. The lowest BCUT2D eigenvalue weighted by Gasteiger charge is -2.05. The number of ketones is 1. The maximum atomic E-state index is 13.5. The van der Waals surface area contributed by atoms with E-state index in [2.05, 4.69) is 22.6 Å². The van der Waals surface area contributed by atoms with Crippen LogP contribution in [0.1, 0.15) is 15.9 Å². The van der Waals surface area contributed by atoms with Crippen LogP contribution in [-0.2, 0) is 0 Å². The smallest absolute Gasteiger partial charge is 0.193 e. The highest BCUT2D eigenvalue weighted by Crippen LogP contribution is 2.20. The molecule has 0 spiro atoms. The number of hydrogen-bond acceptors (Lipinski definition) is 2. The molecule has 0 saturated heterocycles. The number of rotatable bonds is 3. The van der Waals surface area contributed by atoms with E-state index in [1.54, 1.807) is 24.3 Å². The van der Waals surface area contributed by atoms with Gasteiger partial charge in [0.15, 0.2) is 17.3 Å². The van der Waals surface area contributed by atoms with Crippen molar-refractivity contribution in [3.8, 4) is 5.75 Å². The van der Waals surface area contributed by atoms with Crippen LogP contribution in [0.4, 0.5) is 4.39 Å². The average molecular weight is 356 g/mol. The molecule has 0 aliphatic carbocycles. The minimum Gasteiger partial charge on any atom is -0.494 e. The fourth-order valence-corrected chi connectivity index (χ4v) is 2.15. The highest BCUT2D eigenvalue weighted by Gasteiger charge is 2.12. The van der Waals surface area contributed by atoms with Crippen molar-refractivity contribution in [3.05, 3.63) is 63.0 Å². The molecule has 0 amide bonds. The van der Waals surface area contributed by atoms with Gasteiger partial charge in [0, 0.05) is 14.7 Å². The minimum absolute atomic E-state index is 0.134. The Balaban J connectivity index is 2.37. The first kappa shape index (κ1) is 13.0. The zero-order valence-electron chi connectivity index (χ0n) is 9.61. The third-order valence-electron chi connectivity index (χ3n) is 2.50. The number of carbonyl (C=O) groups is 1. The lowest BCUT2D eigenvalue weighted by Crippen LogP contribution is -2.02. The first-order valence-corrected chi connectivity index (χ1v) is 6.33. The molecule has 2 aromatic carbocycles. The summed E-state index contributed by atoms with van der Waals surface area (Å²) in [7, 11) is 1.39. The zero-order chi connectivity index (χ0) is 13.1. The Hall–Kier alpha value is -1.43. The monoisotopic (exact) mass is 356 g/mol. The number of halogens is 2. The van der Waals surface area contributed by atoms with Crippen LogP contribution in [0.5, 0.6) is 5.75 Å². The third-order valence-corrected chi connectivity index (χ3v) is 3.17. The largest absolute Gasteiger partial charge is 0.494 e. The van der Waals surface area contributed by atoms with Crippen LogP contribution in [-0.4, -0.2) is 12.9 Å². The first-order valence-electron chi connectivity index (χ1n) is 5.25. The van der Waals surface area contributed by atoms with Crippen LogP contribution in [0.25, 0.3) is 0 Å². The van der Waals surface area contributed by atoms with Gasteiger partial charge in [-0.2, -0.15) is 0 Å². The predicted molar refractivity (Wildman–Crippen MR) is 75.5 cm³/mol. The van der Waals surface area contributed by atoms with Crippen LogP contribution in [0.3, 0.4) is 0 Å². The summed E-state index contributed by atoms with van der Waals surface area (Å²) in [5.41, 5.74) is 0.863. The lowest BCUT2D eigenvalue weighted by molar-refractivity contribution is 0.103. The topological polar surface area (TPSA) is 26.3 Å². The lowest BCUT2D eigenvalue weighted by atomic mass is 10.0. The summed E-state index contributed by atoms with van der Waals surface area (Å²) in [6, 6.07) is 11.4. The molecular formula is C14H10FIO2. The van der Waals surface area contributed by atoms with Crippen LogP contribution >= 0.6 is 22.6 Å². The second kappa shape index (κ2) is 5.48. The molecule has 0 radical (unpaired) electrons. The molecule has 0 fully saturated rings. The molecule has 0 unspecified atom stereocenters. The van der Waals surface area contributed by atoms with Gasteiger partial charge in [-0.05, 0) is 52.9 Å². The van der Waals surface area contributed by atoms with E-state index in [0.717, 1.165) is 3.57 Å². The van der Waals surface area contributed by atoms with Crippen LogP contribution < -0.4 is 4.74 Å². The summed E-state index contributed by atoms with van der Waals surface area (Å²) in [6.07, 6.45) is 0. The quantitative estimate of drug-likeness (QED) is 0.620. The zero-order valence-corrected chi connectivity index (χ0v) is 11.8. The minimum atomic E-state index is -0.533. The van der Waals surface area contributed by atoms with Gasteiger partial charge in [-0.25, -0.2) is 4.39 Å². The van der Waals surface area contributed by atoms with Gasteiger partial charge in [0.25, 0.3) is 0 Å². The molecule has 2 aromatic rings. The van der Waals surface area contributed by atoms with Gasteiger partial charge < -0.3 is 4.74 Å². The fourth-order valence-electron chi connectivity index (χ4n) is 1.60. The van der Waals surface area contributed by atoms with E-state index in [4.69, 9.17) is 4.74 Å². The number of hydrogen-bond donors (Lipinski definition) is 0. The van der Waals surface area contributed by atoms with E-state index in [-0.39, 0.29) is 11.5 Å². The number of benzene rings is 2. The summed E-state index contributed by atoms with van der Waals surface area (Å²) in [5, 5.41) is 0. The van der Waals surface area contributed by atoms with Gasteiger partial charge in [0.1, 0.15) is 0 Å². The van der Waals surface area contributed by atoms with Crippen LogP contribution in [0.15, 0.2) is 42.5 Å². The van der Waals surface area contributed by atoms with E-state index >= 15 is 0 Å². The van der Waals surface area contributed by atoms with Crippen molar-refractivity contribution in [2.24, 2.45) is 0 Å². The molecule has 0 N–H and O–H groups in total. The summed E-state index contributed by atoms with van der Waals surface area (Å²) in [4.78, 5) is 12.1. The number of ether oxygens (including phenoxy) is 1. The van der Waals surface area contributed by atoms with Crippen molar-refractivity contribution in [2.45, 2.75) is 0 Å². The predicted octanol–water partition coefficient (Wildman–Crippen LogP) is 3.67. The highest BCUT2D eigenvalue weighted by atomic mass is 127. The first-order chi connectivity index (χ1) is 8.61. The second-order valence-corrected chi connectivity index (χ2v) is 4.93.